The van der Waals surface area contributed by atoms with Crippen molar-refractivity contribution in [2.24, 2.45) is 0 Å². The fraction of sp³-hybridized carbons (Fsp3) is 0.385. The molecule has 0 fully saturated rings. The molecule has 0 amide bonds. The van der Waals surface area contributed by atoms with Gasteiger partial charge in [-0.1, -0.05) is 446 Å². The van der Waals surface area contributed by atoms with Crippen molar-refractivity contribution in [3.8, 4) is 0 Å². The Morgan fingerprint density at radius 3 is 0.256 bits per heavy atom. The smallest absolute Gasteiger partial charge is 0.0307 e. The lowest BCUT2D eigenvalue weighted by Crippen LogP contribution is -1.73. The van der Waals surface area contributed by atoms with E-state index in [0.29, 0.717) is 0 Å². The lowest BCUT2D eigenvalue weighted by molar-refractivity contribution is 1.09. The van der Waals surface area contributed by atoms with E-state index in [-0.39, 0.29) is 0 Å². The number of aryl methyl sites for hydroxylation is 4. The fourth-order valence-corrected chi connectivity index (χ4v) is 4.39. The minimum atomic E-state index is 1.14. The van der Waals surface area contributed by atoms with Crippen LogP contribution in [-0.2, 0) is 25.7 Å². The fourth-order valence-electron chi connectivity index (χ4n) is 4.39. The van der Waals surface area contributed by atoms with E-state index in [0.717, 1.165) is 25.7 Å². The maximum atomic E-state index is 2.16. The lowest BCUT2D eigenvalue weighted by atomic mass is 10.2. The molecule has 0 atom stereocenters. The molecular weight excluding hydrogens is 937 g/mol. The molecule has 0 aromatic heterocycles. The van der Waals surface area contributed by atoms with Crippen LogP contribution in [0, 0.1) is 0 Å². The average molecular weight is 1070 g/mol. The van der Waals surface area contributed by atoms with Gasteiger partial charge in [-0.15, -0.1) is 0 Å². The first-order valence-corrected chi connectivity index (χ1v) is 30.7. The third-order valence-corrected chi connectivity index (χ3v) is 7.67. The van der Waals surface area contributed by atoms with Gasteiger partial charge in [-0.25, -0.2) is 0 Å². The van der Waals surface area contributed by atoms with Gasteiger partial charge in [-0.3, -0.25) is 0 Å². The van der Waals surface area contributed by atoms with Crippen molar-refractivity contribution in [3.05, 3.63) is 289 Å². The van der Waals surface area contributed by atoms with Gasteiger partial charge in [0, 0.05) is 0 Å². The number of rotatable bonds is 4. The summed E-state index contributed by atoms with van der Waals surface area (Å²) < 4.78 is 0. The Kier molecular flexibility index (Phi) is 134. The zero-order valence-corrected chi connectivity index (χ0v) is 55.6. The SMILES string of the molecule is CC.CC.CC.CC.CC.CC.CC.CC.CCC.CCC.CCc1ccccc1.CCc1ccccc1.CCc1ccccc1.CCc1ccccc1.c1ccccc1.c1ccccc1.c1ccccc1.c1ccccc1. The topological polar surface area (TPSA) is 0 Å². The molecule has 8 aromatic carbocycles. The predicted octanol–water partition coefficient (Wildman–Crippen LogP) is 26.8. The first kappa shape index (κ1) is 94.2. The van der Waals surface area contributed by atoms with Crippen LogP contribution in [-0.4, -0.2) is 0 Å². The Morgan fingerprint density at radius 2 is 0.205 bits per heavy atom. The van der Waals surface area contributed by atoms with Crippen LogP contribution in [0.3, 0.4) is 0 Å². The van der Waals surface area contributed by atoms with E-state index in [1.807, 2.05) is 281 Å². The highest BCUT2D eigenvalue weighted by Gasteiger charge is 1.82. The highest BCUT2D eigenvalue weighted by molar-refractivity contribution is 5.16. The summed E-state index contributed by atoms with van der Waals surface area (Å²) >= 11 is 0. The summed E-state index contributed by atoms with van der Waals surface area (Å²) in [6.45, 7) is 49.1. The third kappa shape index (κ3) is 98.9. The first-order chi connectivity index (χ1) is 38.6. The average Bonchev–Trinajstić information content (AvgIpc) is 3.58. The van der Waals surface area contributed by atoms with E-state index in [1.54, 1.807) is 0 Å². The van der Waals surface area contributed by atoms with Crippen LogP contribution >= 0.6 is 0 Å². The van der Waals surface area contributed by atoms with Crippen LogP contribution in [0.1, 0.15) is 201 Å². The minimum absolute atomic E-state index is 1.14. The Labute approximate surface area is 491 Å². The molecule has 78 heavy (non-hydrogen) atoms. The quantitative estimate of drug-likeness (QED) is 0.165. The van der Waals surface area contributed by atoms with Gasteiger partial charge in [0.15, 0.2) is 0 Å². The largest absolute Gasteiger partial charge is 0.0683 e. The molecule has 0 radical (unpaired) electrons. The van der Waals surface area contributed by atoms with Gasteiger partial charge in [0.2, 0.25) is 0 Å². The van der Waals surface area contributed by atoms with Gasteiger partial charge in [-0.2, -0.15) is 0 Å². The second-order valence-electron chi connectivity index (χ2n) is 13.4. The van der Waals surface area contributed by atoms with Gasteiger partial charge < -0.3 is 0 Å². The van der Waals surface area contributed by atoms with Gasteiger partial charge in [0.1, 0.15) is 0 Å². The molecule has 0 N–H and O–H groups in total. The van der Waals surface area contributed by atoms with E-state index in [2.05, 4.69) is 152 Å². The van der Waals surface area contributed by atoms with Crippen molar-refractivity contribution in [1.29, 1.82) is 0 Å². The molecule has 0 aliphatic heterocycles. The van der Waals surface area contributed by atoms with Crippen molar-refractivity contribution >= 4 is 0 Å². The van der Waals surface area contributed by atoms with Crippen LogP contribution in [0.4, 0.5) is 0 Å². The summed E-state index contributed by atoms with van der Waals surface area (Å²) in [6.07, 6.45) is 7.06. The summed E-state index contributed by atoms with van der Waals surface area (Å²) in [6, 6.07) is 89.8. The third-order valence-electron chi connectivity index (χ3n) is 7.67. The Balaban J connectivity index is -0.0000000807. The predicted molar refractivity (Wildman–Crippen MR) is 372 cm³/mol. The molecular formula is C78H128. The van der Waals surface area contributed by atoms with Crippen LogP contribution in [0.25, 0.3) is 0 Å². The highest BCUT2D eigenvalue weighted by atomic mass is 13.9. The van der Waals surface area contributed by atoms with Crippen LogP contribution in [0.5, 0.6) is 0 Å². The van der Waals surface area contributed by atoms with E-state index < -0.39 is 0 Å². The highest BCUT2D eigenvalue weighted by Crippen LogP contribution is 1.99. The molecule has 8 rings (SSSR count). The minimum Gasteiger partial charge on any atom is -0.0683 e. The monoisotopic (exact) mass is 1070 g/mol. The molecule has 8 aromatic rings. The summed E-state index contributed by atoms with van der Waals surface area (Å²) in [5.41, 5.74) is 5.64. The van der Waals surface area contributed by atoms with Crippen molar-refractivity contribution < 1.29 is 0 Å². The molecule has 0 unspecified atom stereocenters. The molecule has 0 saturated heterocycles. The summed E-state index contributed by atoms with van der Waals surface area (Å²) in [5.74, 6) is 0. The molecule has 0 heterocycles. The standard InChI is InChI=1S/4C8H10.4C6H6.2C3H8.8C2H6/c4*1-2-8-6-4-3-5-7-8;4*1-2-4-6-5-3-1;2*1-3-2;8*1-2/h4*3-7H,2H2,1H3;4*1-6H;2*3H2,1-2H3;8*1-2H3. The Hall–Kier alpha value is -6.24. The van der Waals surface area contributed by atoms with Crippen LogP contribution in [0.15, 0.2) is 267 Å². The molecule has 0 heteroatoms. The normalized spacial score (nSPS) is 7.28. The Bertz CT molecular complexity index is 1450. The van der Waals surface area contributed by atoms with Crippen molar-refractivity contribution in [3.63, 3.8) is 0 Å². The number of benzene rings is 8. The van der Waals surface area contributed by atoms with Crippen molar-refractivity contribution in [1.82, 2.24) is 0 Å². The molecule has 0 nitrogen and oxygen atoms in total. The summed E-state index contributed by atoms with van der Waals surface area (Å²) in [7, 11) is 0. The number of hydrogen-bond donors (Lipinski definition) is 0. The lowest BCUT2D eigenvalue weighted by Gasteiger charge is -1.89. The van der Waals surface area contributed by atoms with Crippen LogP contribution < -0.4 is 0 Å². The second-order valence-corrected chi connectivity index (χ2v) is 13.4. The molecule has 0 saturated carbocycles. The maximum Gasteiger partial charge on any atom is -0.0307 e. The zero-order chi connectivity index (χ0) is 61.7. The summed E-state index contributed by atoms with van der Waals surface area (Å²) in [5, 5.41) is 0. The van der Waals surface area contributed by atoms with E-state index >= 15 is 0 Å². The molecule has 0 bridgehead atoms. The maximum absolute atomic E-state index is 2.16. The molecule has 0 aliphatic rings. The summed E-state index contributed by atoms with van der Waals surface area (Å²) in [4.78, 5) is 0. The van der Waals surface area contributed by atoms with Gasteiger partial charge in [0.05, 0.1) is 0 Å². The van der Waals surface area contributed by atoms with E-state index in [4.69, 9.17) is 0 Å². The number of hydrogen-bond acceptors (Lipinski definition) is 0. The van der Waals surface area contributed by atoms with Gasteiger partial charge in [0.25, 0.3) is 0 Å². The van der Waals surface area contributed by atoms with Gasteiger partial charge >= 0.3 is 0 Å². The van der Waals surface area contributed by atoms with Crippen molar-refractivity contribution in [2.75, 3.05) is 0 Å². The van der Waals surface area contributed by atoms with Crippen molar-refractivity contribution in [2.45, 2.75) is 205 Å². The molecule has 0 aliphatic carbocycles. The van der Waals surface area contributed by atoms with Crippen LogP contribution in [0.2, 0.25) is 0 Å². The molecule has 440 valence electrons. The van der Waals surface area contributed by atoms with E-state index in [9.17, 15) is 0 Å². The second kappa shape index (κ2) is 111. The zero-order valence-electron chi connectivity index (χ0n) is 55.6. The van der Waals surface area contributed by atoms with Gasteiger partial charge in [-0.05, 0) is 47.9 Å². The Morgan fingerprint density at radius 1 is 0.141 bits per heavy atom. The van der Waals surface area contributed by atoms with E-state index in [1.165, 1.54) is 35.1 Å². The molecule has 0 spiro atoms. The first-order valence-electron chi connectivity index (χ1n) is 30.7.